The molecule has 0 spiro atoms. The van der Waals surface area contributed by atoms with Gasteiger partial charge in [-0.3, -0.25) is 4.79 Å². The Morgan fingerprint density at radius 2 is 1.73 bits per heavy atom. The second-order valence-electron chi connectivity index (χ2n) is 5.91. The van der Waals surface area contributed by atoms with Gasteiger partial charge in [0.25, 0.3) is 5.91 Å². The maximum atomic E-state index is 12.4. The van der Waals surface area contributed by atoms with Gasteiger partial charge >= 0.3 is 6.61 Å². The van der Waals surface area contributed by atoms with Crippen LogP contribution in [0.3, 0.4) is 0 Å². The lowest BCUT2D eigenvalue weighted by Crippen LogP contribution is -3.12. The lowest BCUT2D eigenvalue weighted by atomic mass is 10.1. The molecule has 0 saturated carbocycles. The normalized spacial score (nSPS) is 13.3. The second kappa shape index (κ2) is 9.16. The lowest BCUT2D eigenvalue weighted by Gasteiger charge is -2.21. The van der Waals surface area contributed by atoms with Crippen LogP contribution in [0, 0.1) is 0 Å². The molecule has 0 aliphatic rings. The smallest absolute Gasteiger partial charge is 0.387 e. The summed E-state index contributed by atoms with van der Waals surface area (Å²) in [5.41, 5.74) is 1.43. The number of hydrogen-bond acceptors (Lipinski definition) is 2. The predicted molar refractivity (Wildman–Crippen MR) is 98.2 cm³/mol. The van der Waals surface area contributed by atoms with Crippen LogP contribution in [0.5, 0.6) is 5.75 Å². The van der Waals surface area contributed by atoms with Gasteiger partial charge in [-0.15, -0.1) is 0 Å². The van der Waals surface area contributed by atoms with Crippen molar-refractivity contribution < 1.29 is 23.2 Å². The molecule has 0 heterocycles. The zero-order valence-corrected chi connectivity index (χ0v) is 15.7. The summed E-state index contributed by atoms with van der Waals surface area (Å²) in [6, 6.07) is 10.8. The van der Waals surface area contributed by atoms with Gasteiger partial charge in [0.05, 0.1) is 7.05 Å². The average molecular weight is 404 g/mol. The molecule has 2 N–H and O–H groups in total. The molecule has 140 valence electrons. The third-order valence-electron chi connectivity index (χ3n) is 3.89. The van der Waals surface area contributed by atoms with Gasteiger partial charge in [-0.1, -0.05) is 23.2 Å². The van der Waals surface area contributed by atoms with Gasteiger partial charge < -0.3 is 15.0 Å². The third kappa shape index (κ3) is 6.12. The first-order valence-corrected chi connectivity index (χ1v) is 8.63. The van der Waals surface area contributed by atoms with Crippen LogP contribution in [0.15, 0.2) is 42.5 Å². The number of hydrogen-bond donors (Lipinski definition) is 2. The van der Waals surface area contributed by atoms with Crippen LogP contribution >= 0.6 is 23.2 Å². The zero-order chi connectivity index (χ0) is 19.3. The number of benzene rings is 2. The molecule has 0 radical (unpaired) electrons. The summed E-state index contributed by atoms with van der Waals surface area (Å²) in [4.78, 5) is 13.3. The Kier molecular flexibility index (Phi) is 7.20. The Hall–Kier alpha value is -1.89. The number of nitrogens with one attached hydrogen (secondary N) is 2. The predicted octanol–water partition coefficient (Wildman–Crippen LogP) is 3.64. The molecule has 2 aromatic carbocycles. The minimum Gasteiger partial charge on any atom is -0.435 e. The van der Waals surface area contributed by atoms with Crippen molar-refractivity contribution in [3.05, 3.63) is 58.1 Å². The highest BCUT2D eigenvalue weighted by atomic mass is 35.5. The summed E-state index contributed by atoms with van der Waals surface area (Å²) >= 11 is 11.9. The maximum Gasteiger partial charge on any atom is 0.387 e. The number of quaternary nitrogens is 1. The molecule has 4 nitrogen and oxygen atoms in total. The Morgan fingerprint density at radius 3 is 2.27 bits per heavy atom. The number of likely N-dealkylation sites (N-methyl/N-ethyl adjacent to an activating group) is 1. The van der Waals surface area contributed by atoms with E-state index >= 15 is 0 Å². The average Bonchev–Trinajstić information content (AvgIpc) is 2.54. The molecule has 1 unspecified atom stereocenters. The van der Waals surface area contributed by atoms with Crippen LogP contribution in [0.4, 0.5) is 14.5 Å². The van der Waals surface area contributed by atoms with E-state index in [9.17, 15) is 13.6 Å². The van der Waals surface area contributed by atoms with E-state index in [-0.39, 0.29) is 17.7 Å². The molecule has 0 aliphatic carbocycles. The van der Waals surface area contributed by atoms with E-state index in [4.69, 9.17) is 23.2 Å². The molecule has 0 aromatic heterocycles. The fourth-order valence-corrected chi connectivity index (χ4v) is 2.89. The lowest BCUT2D eigenvalue weighted by molar-refractivity contribution is -0.907. The van der Waals surface area contributed by atoms with E-state index in [0.29, 0.717) is 22.3 Å². The van der Waals surface area contributed by atoms with E-state index in [1.54, 1.807) is 37.3 Å². The molecule has 2 rings (SSSR count). The fraction of sp³-hybridized carbons (Fsp3) is 0.278. The molecule has 0 bridgehead atoms. The molecule has 0 fully saturated rings. The van der Waals surface area contributed by atoms with Crippen molar-refractivity contribution in [3.63, 3.8) is 0 Å². The van der Waals surface area contributed by atoms with Crippen LogP contribution in [-0.4, -0.2) is 25.6 Å². The van der Waals surface area contributed by atoms with Crippen molar-refractivity contribution in [1.29, 1.82) is 0 Å². The first-order valence-electron chi connectivity index (χ1n) is 7.87. The molecule has 26 heavy (non-hydrogen) atoms. The Balaban J connectivity index is 1.95. The van der Waals surface area contributed by atoms with E-state index in [0.717, 1.165) is 10.5 Å². The van der Waals surface area contributed by atoms with Gasteiger partial charge in [-0.05, 0) is 49.4 Å². The summed E-state index contributed by atoms with van der Waals surface area (Å²) in [5, 5.41) is 3.66. The topological polar surface area (TPSA) is 42.8 Å². The Morgan fingerprint density at radius 1 is 1.15 bits per heavy atom. The van der Waals surface area contributed by atoms with Crippen molar-refractivity contribution in [3.8, 4) is 5.75 Å². The molecule has 8 heteroatoms. The van der Waals surface area contributed by atoms with Crippen molar-refractivity contribution >= 4 is 34.8 Å². The van der Waals surface area contributed by atoms with Gasteiger partial charge in [0.2, 0.25) is 0 Å². The van der Waals surface area contributed by atoms with E-state index in [1.807, 2.05) is 7.05 Å². The second-order valence-corrected chi connectivity index (χ2v) is 6.79. The molecule has 0 aliphatic heterocycles. The van der Waals surface area contributed by atoms with Gasteiger partial charge in [-0.25, -0.2) is 0 Å². The van der Waals surface area contributed by atoms with Crippen LogP contribution < -0.4 is 15.0 Å². The van der Waals surface area contributed by atoms with Crippen LogP contribution in [0.25, 0.3) is 0 Å². The monoisotopic (exact) mass is 403 g/mol. The SMILES string of the molecule is C[C@H](C(=O)Nc1cc(Cl)cc(Cl)c1)[NH+](C)Cc1ccc(OC(F)F)cc1. The quantitative estimate of drug-likeness (QED) is 0.740. The number of rotatable bonds is 7. The van der Waals surface area contributed by atoms with Gasteiger partial charge in [-0.2, -0.15) is 8.78 Å². The molecule has 1 amide bonds. The van der Waals surface area contributed by atoms with Gasteiger partial charge in [0, 0.05) is 21.3 Å². The number of anilines is 1. The highest BCUT2D eigenvalue weighted by molar-refractivity contribution is 6.35. The standard InChI is InChI=1S/C18H18Cl2F2N2O2/c1-11(17(25)23-15-8-13(19)7-14(20)9-15)24(2)10-12-3-5-16(6-4-12)26-18(21)22/h3-9,11,18H,10H2,1-2H3,(H,23,25)/p+1/t11-/m1/s1. The third-order valence-corrected chi connectivity index (χ3v) is 4.33. The van der Waals surface area contributed by atoms with Crippen LogP contribution in [0.1, 0.15) is 12.5 Å². The van der Waals surface area contributed by atoms with E-state index in [2.05, 4.69) is 10.1 Å². The van der Waals surface area contributed by atoms with Crippen molar-refractivity contribution in [2.24, 2.45) is 0 Å². The Labute approximate surface area is 160 Å². The highest BCUT2D eigenvalue weighted by Crippen LogP contribution is 2.22. The van der Waals surface area contributed by atoms with Crippen molar-refractivity contribution in [2.45, 2.75) is 26.1 Å². The minimum absolute atomic E-state index is 0.102. The molecule has 2 atom stereocenters. The Bertz CT molecular complexity index is 737. The van der Waals surface area contributed by atoms with Crippen molar-refractivity contribution in [1.82, 2.24) is 0 Å². The molecular formula is C18H19Cl2F2N2O2+. The summed E-state index contributed by atoms with van der Waals surface area (Å²) in [7, 11) is 1.87. The largest absolute Gasteiger partial charge is 0.435 e. The number of carbonyl (C=O) groups is 1. The summed E-state index contributed by atoms with van der Waals surface area (Å²) in [6.45, 7) is -0.511. The van der Waals surface area contributed by atoms with E-state index < -0.39 is 6.61 Å². The van der Waals surface area contributed by atoms with Crippen molar-refractivity contribution in [2.75, 3.05) is 12.4 Å². The summed E-state index contributed by atoms with van der Waals surface area (Å²) < 4.78 is 28.7. The number of ether oxygens (including phenoxy) is 1. The molecule has 0 saturated heterocycles. The van der Waals surface area contributed by atoms with Gasteiger partial charge in [0.1, 0.15) is 12.3 Å². The number of halogens is 4. The summed E-state index contributed by atoms with van der Waals surface area (Å²) in [5.74, 6) is -0.0801. The minimum atomic E-state index is -2.85. The number of alkyl halides is 2. The summed E-state index contributed by atoms with van der Waals surface area (Å²) in [6.07, 6.45) is 0. The maximum absolute atomic E-state index is 12.4. The van der Waals surface area contributed by atoms with Gasteiger partial charge in [0.15, 0.2) is 6.04 Å². The first kappa shape index (κ1) is 20.4. The fourth-order valence-electron chi connectivity index (χ4n) is 2.36. The zero-order valence-electron chi connectivity index (χ0n) is 14.2. The first-order chi connectivity index (χ1) is 12.2. The van der Waals surface area contributed by atoms with Crippen LogP contribution in [0.2, 0.25) is 10.0 Å². The van der Waals surface area contributed by atoms with Crippen LogP contribution in [-0.2, 0) is 11.3 Å². The number of carbonyl (C=O) groups excluding carboxylic acids is 1. The molecular weight excluding hydrogens is 385 g/mol. The molecule has 2 aromatic rings. The van der Waals surface area contributed by atoms with E-state index in [1.165, 1.54) is 12.1 Å². The highest BCUT2D eigenvalue weighted by Gasteiger charge is 2.22. The number of amides is 1.